The number of guanidine groups is 1. The van der Waals surface area contributed by atoms with Gasteiger partial charge in [-0.1, -0.05) is 12.1 Å². The van der Waals surface area contributed by atoms with Crippen LogP contribution in [0, 0.1) is 13.8 Å². The Morgan fingerprint density at radius 1 is 1.15 bits per heavy atom. The molecule has 3 aromatic rings. The molecule has 1 heterocycles. The lowest BCUT2D eigenvalue weighted by Gasteiger charge is -2.15. The third-order valence-corrected chi connectivity index (χ3v) is 5.42. The highest BCUT2D eigenvalue weighted by atomic mass is 16.5. The number of benzene rings is 2. The number of methoxy groups -OCH3 is 1. The lowest BCUT2D eigenvalue weighted by atomic mass is 10.2. The van der Waals surface area contributed by atoms with E-state index in [1.165, 1.54) is 0 Å². The zero-order chi connectivity index (χ0) is 24.0. The summed E-state index contributed by atoms with van der Waals surface area (Å²) in [6.45, 7) is 7.26. The van der Waals surface area contributed by atoms with Crippen molar-refractivity contribution in [2.75, 3.05) is 31.4 Å². The monoisotopic (exact) mass is 448 g/mol. The van der Waals surface area contributed by atoms with E-state index < -0.39 is 0 Å². The maximum Gasteiger partial charge on any atom is 0.258 e. The molecule has 0 saturated carbocycles. The first kappa shape index (κ1) is 23.8. The maximum atomic E-state index is 13.0. The first-order valence-electron chi connectivity index (χ1n) is 10.9. The van der Waals surface area contributed by atoms with E-state index in [-0.39, 0.29) is 5.91 Å². The third kappa shape index (κ3) is 5.91. The molecule has 0 atom stereocenters. The zero-order valence-corrected chi connectivity index (χ0v) is 20.1. The van der Waals surface area contributed by atoms with E-state index in [0.717, 1.165) is 34.9 Å². The minimum atomic E-state index is -0.245. The summed E-state index contributed by atoms with van der Waals surface area (Å²) in [5, 5.41) is 10.7. The van der Waals surface area contributed by atoms with Crippen LogP contribution >= 0.6 is 0 Å². The van der Waals surface area contributed by atoms with Crippen molar-refractivity contribution in [1.29, 1.82) is 0 Å². The molecular weight excluding hydrogens is 416 g/mol. The van der Waals surface area contributed by atoms with Crippen molar-refractivity contribution in [3.8, 4) is 5.75 Å². The van der Waals surface area contributed by atoms with Crippen LogP contribution < -0.4 is 20.3 Å². The average molecular weight is 449 g/mol. The molecule has 2 aromatic carbocycles. The molecule has 0 radical (unpaired) electrons. The van der Waals surface area contributed by atoms with Gasteiger partial charge in [-0.2, -0.15) is 5.10 Å². The van der Waals surface area contributed by atoms with Crippen LogP contribution in [0.4, 0.5) is 11.4 Å². The maximum absolute atomic E-state index is 13.0. The smallest absolute Gasteiger partial charge is 0.258 e. The number of aliphatic imine (C=N–C) groups is 1. The van der Waals surface area contributed by atoms with E-state index in [1.807, 2.05) is 80.0 Å². The number of nitrogens with one attached hydrogen (secondary N) is 2. The average Bonchev–Trinajstić information content (AvgIpc) is 3.09. The molecule has 1 amide bonds. The van der Waals surface area contributed by atoms with E-state index in [0.29, 0.717) is 23.8 Å². The van der Waals surface area contributed by atoms with Crippen LogP contribution in [0.3, 0.4) is 0 Å². The Labute approximate surface area is 195 Å². The molecule has 0 bridgehead atoms. The van der Waals surface area contributed by atoms with Crippen molar-refractivity contribution < 1.29 is 9.53 Å². The molecule has 0 aliphatic heterocycles. The highest BCUT2D eigenvalue weighted by Crippen LogP contribution is 2.18. The predicted molar refractivity (Wildman–Crippen MR) is 133 cm³/mol. The van der Waals surface area contributed by atoms with Crippen molar-refractivity contribution in [3.63, 3.8) is 0 Å². The number of rotatable bonds is 7. The Kier molecular flexibility index (Phi) is 7.71. The molecule has 0 aliphatic carbocycles. The number of anilines is 2. The van der Waals surface area contributed by atoms with Gasteiger partial charge in [0.15, 0.2) is 0 Å². The largest absolute Gasteiger partial charge is 0.497 e. The van der Waals surface area contributed by atoms with Gasteiger partial charge >= 0.3 is 0 Å². The lowest BCUT2D eigenvalue weighted by molar-refractivity contribution is 0.0977. The first-order valence-corrected chi connectivity index (χ1v) is 10.9. The van der Waals surface area contributed by atoms with Gasteiger partial charge in [0.05, 0.1) is 19.3 Å². The minimum absolute atomic E-state index is 0.245. The molecule has 174 valence electrons. The number of aryl methyl sites for hydroxylation is 2. The van der Waals surface area contributed by atoms with Gasteiger partial charge in [-0.3, -0.25) is 14.8 Å². The van der Waals surface area contributed by atoms with Crippen LogP contribution in [0.15, 0.2) is 53.5 Å². The number of hydrogen-bond acceptors (Lipinski definition) is 5. The molecule has 1 aromatic heterocycles. The molecule has 3 rings (SSSR count). The van der Waals surface area contributed by atoms with Crippen molar-refractivity contribution >= 4 is 23.2 Å². The summed E-state index contributed by atoms with van der Waals surface area (Å²) in [5.74, 6) is 0.817. The minimum Gasteiger partial charge on any atom is -0.497 e. The summed E-state index contributed by atoms with van der Waals surface area (Å²) in [6.07, 6.45) is 0. The number of ether oxygens (including phenoxy) is 1. The molecule has 0 spiro atoms. The fourth-order valence-electron chi connectivity index (χ4n) is 3.48. The number of nitrogens with zero attached hydrogens (tertiary/aromatic N) is 4. The third-order valence-electron chi connectivity index (χ3n) is 5.42. The summed E-state index contributed by atoms with van der Waals surface area (Å²) in [5.41, 5.74) is 5.31. The number of aromatic nitrogens is 2. The molecule has 8 nitrogen and oxygen atoms in total. The van der Waals surface area contributed by atoms with E-state index in [9.17, 15) is 4.79 Å². The standard InChI is InChI=1S/C25H32N6O2/c1-7-31-18(3)23(17(2)29-31)16-26-25(27-20-11-9-13-22(15-20)33-6)28-24(32)19-10-8-12-21(14-19)30(4)5/h8-15H,7,16H2,1-6H3,(H2,26,27,28,32). The molecule has 0 saturated heterocycles. The fraction of sp³-hybridized carbons (Fsp3) is 0.320. The Balaban J connectivity index is 1.89. The van der Waals surface area contributed by atoms with E-state index in [1.54, 1.807) is 13.2 Å². The number of amides is 1. The normalized spacial score (nSPS) is 11.3. The summed E-state index contributed by atoms with van der Waals surface area (Å²) >= 11 is 0. The van der Waals surface area contributed by atoms with Gasteiger partial charge in [0.25, 0.3) is 5.91 Å². The second-order valence-electron chi connectivity index (χ2n) is 7.89. The van der Waals surface area contributed by atoms with E-state index >= 15 is 0 Å². The van der Waals surface area contributed by atoms with Crippen molar-refractivity contribution in [2.45, 2.75) is 33.9 Å². The molecule has 0 fully saturated rings. The lowest BCUT2D eigenvalue weighted by Crippen LogP contribution is -2.36. The second-order valence-corrected chi connectivity index (χ2v) is 7.89. The SMILES string of the molecule is CCn1nc(C)c(CN=C(NC(=O)c2cccc(N(C)C)c2)Nc2cccc(OC)c2)c1C. The Bertz CT molecular complexity index is 1150. The zero-order valence-electron chi connectivity index (χ0n) is 20.1. The molecule has 8 heteroatoms. The van der Waals surface area contributed by atoms with Crippen LogP contribution in [0.25, 0.3) is 0 Å². The molecule has 33 heavy (non-hydrogen) atoms. The first-order chi connectivity index (χ1) is 15.8. The van der Waals surface area contributed by atoms with Crippen LogP contribution in [-0.4, -0.2) is 42.9 Å². The molecule has 0 aliphatic rings. The van der Waals surface area contributed by atoms with Gasteiger partial charge in [0, 0.05) is 54.9 Å². The fourth-order valence-corrected chi connectivity index (χ4v) is 3.48. The van der Waals surface area contributed by atoms with Gasteiger partial charge < -0.3 is 15.0 Å². The van der Waals surface area contributed by atoms with Crippen LogP contribution in [0.2, 0.25) is 0 Å². The van der Waals surface area contributed by atoms with Gasteiger partial charge in [-0.15, -0.1) is 0 Å². The van der Waals surface area contributed by atoms with E-state index in [4.69, 9.17) is 9.73 Å². The predicted octanol–water partition coefficient (Wildman–Crippen LogP) is 3.99. The highest BCUT2D eigenvalue weighted by Gasteiger charge is 2.14. The van der Waals surface area contributed by atoms with Crippen LogP contribution in [0.1, 0.15) is 34.2 Å². The summed E-state index contributed by atoms with van der Waals surface area (Å²) in [6, 6.07) is 14.9. The quantitative estimate of drug-likeness (QED) is 0.422. The number of carbonyl (C=O) groups is 1. The summed E-state index contributed by atoms with van der Waals surface area (Å²) < 4.78 is 7.27. The van der Waals surface area contributed by atoms with Crippen LogP contribution in [-0.2, 0) is 13.1 Å². The topological polar surface area (TPSA) is 83.8 Å². The molecular formula is C25H32N6O2. The number of hydrogen-bond donors (Lipinski definition) is 2. The van der Waals surface area contributed by atoms with Gasteiger partial charge in [-0.05, 0) is 51.1 Å². The molecule has 2 N–H and O–H groups in total. The van der Waals surface area contributed by atoms with Crippen molar-refractivity contribution in [2.24, 2.45) is 4.99 Å². The summed E-state index contributed by atoms with van der Waals surface area (Å²) in [4.78, 5) is 19.7. The number of carbonyl (C=O) groups excluding carboxylic acids is 1. The molecule has 0 unspecified atom stereocenters. The van der Waals surface area contributed by atoms with E-state index in [2.05, 4.69) is 22.7 Å². The van der Waals surface area contributed by atoms with Crippen LogP contribution in [0.5, 0.6) is 5.75 Å². The summed E-state index contributed by atoms with van der Waals surface area (Å²) in [7, 11) is 5.50. The second kappa shape index (κ2) is 10.7. The van der Waals surface area contributed by atoms with Crippen molar-refractivity contribution in [3.05, 3.63) is 71.0 Å². The highest BCUT2D eigenvalue weighted by molar-refractivity contribution is 6.10. The van der Waals surface area contributed by atoms with Gasteiger partial charge in [-0.25, -0.2) is 4.99 Å². The Hall–Kier alpha value is -3.81. The van der Waals surface area contributed by atoms with Gasteiger partial charge in [0.1, 0.15) is 5.75 Å². The Morgan fingerprint density at radius 3 is 2.58 bits per heavy atom. The van der Waals surface area contributed by atoms with Crippen molar-refractivity contribution in [1.82, 2.24) is 15.1 Å². The Morgan fingerprint density at radius 2 is 1.91 bits per heavy atom. The van der Waals surface area contributed by atoms with Gasteiger partial charge in [0.2, 0.25) is 5.96 Å².